The molecule has 0 saturated heterocycles. The Morgan fingerprint density at radius 1 is 1.04 bits per heavy atom. The van der Waals surface area contributed by atoms with Crippen molar-refractivity contribution in [1.29, 1.82) is 0 Å². The van der Waals surface area contributed by atoms with Crippen LogP contribution in [0.15, 0.2) is 29.4 Å². The zero-order valence-corrected chi connectivity index (χ0v) is 15.0. The predicted molar refractivity (Wildman–Crippen MR) is 96.3 cm³/mol. The first-order valence-electron chi connectivity index (χ1n) is 7.47. The summed E-state index contributed by atoms with van der Waals surface area (Å²) in [6.45, 7) is 7.28. The van der Waals surface area contributed by atoms with Gasteiger partial charge in [0, 0.05) is 29.7 Å². The molecule has 0 aliphatic rings. The molecule has 0 aliphatic heterocycles. The number of aromatic nitrogens is 2. The number of hydrogen-bond donors (Lipinski definition) is 2. The second-order valence-corrected chi connectivity index (χ2v) is 6.34. The standard InChI is InChI=1S/C17H20N4O2S/c1-10-11(2)18-17(19-12(10)3)24-9-16(23)21-15-7-5-6-14(8-15)20-13(4)22/h5-8H,9H2,1-4H3,(H,20,22)(H,21,23). The Morgan fingerprint density at radius 2 is 1.62 bits per heavy atom. The first kappa shape index (κ1) is 17.9. The fraction of sp³-hybridized carbons (Fsp3) is 0.294. The van der Waals surface area contributed by atoms with Crippen LogP contribution in [-0.4, -0.2) is 27.5 Å². The fourth-order valence-electron chi connectivity index (χ4n) is 2.01. The zero-order chi connectivity index (χ0) is 17.7. The summed E-state index contributed by atoms with van der Waals surface area (Å²) < 4.78 is 0. The SMILES string of the molecule is CC(=O)Nc1cccc(NC(=O)CSc2nc(C)c(C)c(C)n2)c1. The van der Waals surface area contributed by atoms with Gasteiger partial charge in [0.05, 0.1) is 5.75 Å². The second kappa shape index (κ2) is 7.92. The molecule has 0 fully saturated rings. The van der Waals surface area contributed by atoms with Gasteiger partial charge in [0.15, 0.2) is 5.16 Å². The number of rotatable bonds is 5. The maximum atomic E-state index is 12.1. The highest BCUT2D eigenvalue weighted by Crippen LogP contribution is 2.19. The van der Waals surface area contributed by atoms with Crippen LogP contribution in [0, 0.1) is 20.8 Å². The molecule has 0 spiro atoms. The Hall–Kier alpha value is -2.41. The van der Waals surface area contributed by atoms with E-state index in [1.165, 1.54) is 18.7 Å². The summed E-state index contributed by atoms with van der Waals surface area (Å²) in [7, 11) is 0. The van der Waals surface area contributed by atoms with Gasteiger partial charge >= 0.3 is 0 Å². The van der Waals surface area contributed by atoms with E-state index in [4.69, 9.17) is 0 Å². The number of carbonyl (C=O) groups is 2. The normalized spacial score (nSPS) is 10.3. The molecule has 24 heavy (non-hydrogen) atoms. The van der Waals surface area contributed by atoms with E-state index in [0.29, 0.717) is 16.5 Å². The Balaban J connectivity index is 1.95. The quantitative estimate of drug-likeness (QED) is 0.643. The molecule has 6 nitrogen and oxygen atoms in total. The molecule has 0 unspecified atom stereocenters. The minimum atomic E-state index is -0.156. The third-order valence-electron chi connectivity index (χ3n) is 3.41. The van der Waals surface area contributed by atoms with Crippen LogP contribution in [0.5, 0.6) is 0 Å². The van der Waals surface area contributed by atoms with Gasteiger partial charge in [-0.2, -0.15) is 0 Å². The first-order valence-corrected chi connectivity index (χ1v) is 8.46. The first-order chi connectivity index (χ1) is 11.3. The number of carbonyl (C=O) groups excluding carboxylic acids is 2. The fourth-order valence-corrected chi connectivity index (χ4v) is 2.75. The number of nitrogens with one attached hydrogen (secondary N) is 2. The van der Waals surface area contributed by atoms with E-state index < -0.39 is 0 Å². The van der Waals surface area contributed by atoms with Crippen molar-refractivity contribution in [2.75, 3.05) is 16.4 Å². The number of amides is 2. The lowest BCUT2D eigenvalue weighted by molar-refractivity contribution is -0.114. The van der Waals surface area contributed by atoms with E-state index in [-0.39, 0.29) is 17.6 Å². The van der Waals surface area contributed by atoms with E-state index in [2.05, 4.69) is 20.6 Å². The molecular formula is C17H20N4O2S. The van der Waals surface area contributed by atoms with Crippen molar-refractivity contribution < 1.29 is 9.59 Å². The van der Waals surface area contributed by atoms with Crippen LogP contribution in [0.2, 0.25) is 0 Å². The lowest BCUT2D eigenvalue weighted by Crippen LogP contribution is -2.15. The Morgan fingerprint density at radius 3 is 2.21 bits per heavy atom. The molecule has 0 aliphatic carbocycles. The third-order valence-corrected chi connectivity index (χ3v) is 4.26. The maximum Gasteiger partial charge on any atom is 0.234 e. The van der Waals surface area contributed by atoms with Crippen LogP contribution in [0.4, 0.5) is 11.4 Å². The molecule has 0 bridgehead atoms. The van der Waals surface area contributed by atoms with Gasteiger partial charge in [-0.3, -0.25) is 9.59 Å². The molecule has 2 aromatic rings. The minimum absolute atomic E-state index is 0.153. The molecule has 7 heteroatoms. The van der Waals surface area contributed by atoms with Crippen molar-refractivity contribution in [3.63, 3.8) is 0 Å². The number of nitrogens with zero attached hydrogens (tertiary/aromatic N) is 2. The summed E-state index contributed by atoms with van der Waals surface area (Å²) in [4.78, 5) is 31.9. The van der Waals surface area contributed by atoms with Crippen LogP contribution in [0.25, 0.3) is 0 Å². The smallest absolute Gasteiger partial charge is 0.234 e. The molecule has 2 N–H and O–H groups in total. The van der Waals surface area contributed by atoms with Gasteiger partial charge in [0.25, 0.3) is 0 Å². The molecule has 2 amide bonds. The number of benzene rings is 1. The van der Waals surface area contributed by atoms with Crippen molar-refractivity contribution in [3.8, 4) is 0 Å². The van der Waals surface area contributed by atoms with Crippen LogP contribution < -0.4 is 10.6 Å². The zero-order valence-electron chi connectivity index (χ0n) is 14.1. The minimum Gasteiger partial charge on any atom is -0.326 e. The van der Waals surface area contributed by atoms with Gasteiger partial charge in [0.1, 0.15) is 0 Å². The highest BCUT2D eigenvalue weighted by atomic mass is 32.2. The summed E-state index contributed by atoms with van der Waals surface area (Å²) in [5.74, 6) is -0.0949. The van der Waals surface area contributed by atoms with E-state index in [9.17, 15) is 9.59 Å². The molecule has 0 atom stereocenters. The lowest BCUT2D eigenvalue weighted by atomic mass is 10.2. The van der Waals surface area contributed by atoms with Crippen LogP contribution in [0.1, 0.15) is 23.9 Å². The number of aryl methyl sites for hydroxylation is 2. The van der Waals surface area contributed by atoms with Gasteiger partial charge in [-0.15, -0.1) is 0 Å². The van der Waals surface area contributed by atoms with Crippen LogP contribution in [-0.2, 0) is 9.59 Å². The maximum absolute atomic E-state index is 12.1. The molecule has 0 radical (unpaired) electrons. The van der Waals surface area contributed by atoms with Crippen molar-refractivity contribution in [2.24, 2.45) is 0 Å². The van der Waals surface area contributed by atoms with Gasteiger partial charge in [0.2, 0.25) is 11.8 Å². The molecular weight excluding hydrogens is 324 g/mol. The van der Waals surface area contributed by atoms with E-state index >= 15 is 0 Å². The summed E-state index contributed by atoms with van der Waals surface area (Å²) in [5.41, 5.74) is 4.19. The average Bonchev–Trinajstić information content (AvgIpc) is 2.50. The summed E-state index contributed by atoms with van der Waals surface area (Å²) in [6, 6.07) is 7.01. The predicted octanol–water partition coefficient (Wildman–Crippen LogP) is 3.09. The topological polar surface area (TPSA) is 84.0 Å². The second-order valence-electron chi connectivity index (χ2n) is 5.40. The van der Waals surface area contributed by atoms with Crippen molar-refractivity contribution in [3.05, 3.63) is 41.2 Å². The van der Waals surface area contributed by atoms with E-state index in [0.717, 1.165) is 17.0 Å². The van der Waals surface area contributed by atoms with Gasteiger partial charge in [-0.1, -0.05) is 17.8 Å². The molecule has 1 aromatic carbocycles. The van der Waals surface area contributed by atoms with E-state index in [1.54, 1.807) is 24.3 Å². The monoisotopic (exact) mass is 344 g/mol. The van der Waals surface area contributed by atoms with E-state index in [1.807, 2.05) is 20.8 Å². The molecule has 0 saturated carbocycles. The summed E-state index contributed by atoms with van der Waals surface area (Å²) >= 11 is 1.30. The Kier molecular flexibility index (Phi) is 5.92. The largest absolute Gasteiger partial charge is 0.326 e. The average molecular weight is 344 g/mol. The van der Waals surface area contributed by atoms with Gasteiger partial charge < -0.3 is 10.6 Å². The molecule has 2 rings (SSSR count). The number of anilines is 2. The number of hydrogen-bond acceptors (Lipinski definition) is 5. The van der Waals surface area contributed by atoms with Crippen molar-refractivity contribution in [2.45, 2.75) is 32.9 Å². The summed E-state index contributed by atoms with van der Waals surface area (Å²) in [5, 5.41) is 6.07. The van der Waals surface area contributed by atoms with Crippen molar-refractivity contribution in [1.82, 2.24) is 9.97 Å². The van der Waals surface area contributed by atoms with Crippen LogP contribution in [0.3, 0.4) is 0 Å². The Labute approximate surface area is 145 Å². The van der Waals surface area contributed by atoms with Crippen molar-refractivity contribution >= 4 is 35.0 Å². The van der Waals surface area contributed by atoms with Gasteiger partial charge in [-0.05, 0) is 44.5 Å². The van der Waals surface area contributed by atoms with Crippen LogP contribution >= 0.6 is 11.8 Å². The summed E-state index contributed by atoms with van der Waals surface area (Å²) in [6.07, 6.45) is 0. The molecule has 1 heterocycles. The number of thioether (sulfide) groups is 1. The highest BCUT2D eigenvalue weighted by Gasteiger charge is 2.09. The molecule has 1 aromatic heterocycles. The lowest BCUT2D eigenvalue weighted by Gasteiger charge is -2.08. The molecule has 126 valence electrons. The van der Waals surface area contributed by atoms with Gasteiger partial charge in [-0.25, -0.2) is 9.97 Å². The third kappa shape index (κ3) is 5.06. The highest BCUT2D eigenvalue weighted by molar-refractivity contribution is 7.99. The Bertz CT molecular complexity index is 754.